The standard InChI is InChI=1S/C27H34F3N5O3/c1-17-7-3-4-9-19(17)26(37)35-14-12-18-8-5-10-22(24(18)21(35)15-34-13-6-11-23(34)36)38-16-20-25(27(28,29)30)33(2)32-31-20/h5,8,10,17,19,21H,3-4,6-7,9,11-16H2,1-2H3/t17-,19+,21+/m0/s1. The van der Waals surface area contributed by atoms with Crippen molar-refractivity contribution in [3.63, 3.8) is 0 Å². The summed E-state index contributed by atoms with van der Waals surface area (Å²) >= 11 is 0. The van der Waals surface area contributed by atoms with Gasteiger partial charge in [-0.05, 0) is 43.2 Å². The van der Waals surface area contributed by atoms with Crippen molar-refractivity contribution in [1.82, 2.24) is 24.8 Å². The van der Waals surface area contributed by atoms with Gasteiger partial charge in [0.15, 0.2) is 5.69 Å². The number of amides is 2. The summed E-state index contributed by atoms with van der Waals surface area (Å²) in [6.45, 7) is 3.23. The lowest BCUT2D eigenvalue weighted by Gasteiger charge is -2.43. The van der Waals surface area contributed by atoms with Gasteiger partial charge in [-0.25, -0.2) is 4.68 Å². The van der Waals surface area contributed by atoms with Crippen LogP contribution >= 0.6 is 0 Å². The first-order chi connectivity index (χ1) is 18.1. The summed E-state index contributed by atoms with van der Waals surface area (Å²) in [5.74, 6) is 0.790. The minimum atomic E-state index is -4.62. The number of alkyl halides is 3. The Morgan fingerprint density at radius 1 is 1.13 bits per heavy atom. The molecular weight excluding hydrogens is 499 g/mol. The molecule has 3 heterocycles. The van der Waals surface area contributed by atoms with Crippen molar-refractivity contribution in [3.8, 4) is 5.75 Å². The number of aromatic nitrogens is 3. The van der Waals surface area contributed by atoms with Crippen molar-refractivity contribution in [1.29, 1.82) is 0 Å². The van der Waals surface area contributed by atoms with Gasteiger partial charge < -0.3 is 14.5 Å². The van der Waals surface area contributed by atoms with Gasteiger partial charge in [0.05, 0.1) is 6.04 Å². The first-order valence-corrected chi connectivity index (χ1v) is 13.4. The third-order valence-electron chi connectivity index (χ3n) is 8.29. The Kier molecular flexibility index (Phi) is 7.37. The van der Waals surface area contributed by atoms with Crippen LogP contribution in [0.3, 0.4) is 0 Å². The highest BCUT2D eigenvalue weighted by molar-refractivity contribution is 5.81. The first kappa shape index (κ1) is 26.5. The van der Waals surface area contributed by atoms with Crippen LogP contribution in [0.5, 0.6) is 5.75 Å². The third kappa shape index (κ3) is 5.11. The van der Waals surface area contributed by atoms with Gasteiger partial charge in [-0.2, -0.15) is 13.2 Å². The SMILES string of the molecule is C[C@H]1CCCC[C@H]1C(=O)N1CCc2cccc(OCc3nnn(C)c3C(F)(F)F)c2[C@H]1CN1CCCC1=O. The monoisotopic (exact) mass is 533 g/mol. The molecular formula is C27H34F3N5O3. The lowest BCUT2D eigenvalue weighted by Crippen LogP contribution is -2.49. The van der Waals surface area contributed by atoms with E-state index in [-0.39, 0.29) is 29.3 Å². The molecule has 1 saturated heterocycles. The molecule has 2 aliphatic heterocycles. The van der Waals surface area contributed by atoms with E-state index in [0.29, 0.717) is 42.9 Å². The van der Waals surface area contributed by atoms with Crippen LogP contribution in [-0.2, 0) is 35.8 Å². The molecule has 5 rings (SSSR count). The second kappa shape index (κ2) is 10.6. The van der Waals surface area contributed by atoms with Gasteiger partial charge in [0, 0.05) is 44.6 Å². The number of carbonyl (C=O) groups excluding carboxylic acids is 2. The molecule has 0 bridgehead atoms. The van der Waals surface area contributed by atoms with Gasteiger partial charge in [0.2, 0.25) is 11.8 Å². The molecule has 8 nitrogen and oxygen atoms in total. The molecule has 2 fully saturated rings. The maximum Gasteiger partial charge on any atom is 0.435 e. The van der Waals surface area contributed by atoms with Gasteiger partial charge >= 0.3 is 6.18 Å². The van der Waals surface area contributed by atoms with E-state index >= 15 is 0 Å². The van der Waals surface area contributed by atoms with Crippen molar-refractivity contribution in [2.75, 3.05) is 19.6 Å². The molecule has 0 radical (unpaired) electrons. The van der Waals surface area contributed by atoms with Crippen LogP contribution in [0.25, 0.3) is 0 Å². The maximum atomic E-state index is 13.9. The Morgan fingerprint density at radius 3 is 2.63 bits per heavy atom. The minimum Gasteiger partial charge on any atom is -0.487 e. The van der Waals surface area contributed by atoms with Crippen molar-refractivity contribution < 1.29 is 27.5 Å². The van der Waals surface area contributed by atoms with E-state index in [1.165, 1.54) is 7.05 Å². The Morgan fingerprint density at radius 2 is 1.92 bits per heavy atom. The normalized spacial score (nSPS) is 24.0. The molecule has 0 unspecified atom stereocenters. The van der Waals surface area contributed by atoms with Crippen LogP contribution in [0.1, 0.15) is 74.0 Å². The van der Waals surface area contributed by atoms with Crippen molar-refractivity contribution in [2.24, 2.45) is 18.9 Å². The van der Waals surface area contributed by atoms with Gasteiger partial charge in [0.1, 0.15) is 18.1 Å². The van der Waals surface area contributed by atoms with Gasteiger partial charge in [-0.1, -0.05) is 37.1 Å². The molecule has 3 atom stereocenters. The summed E-state index contributed by atoms with van der Waals surface area (Å²) in [5, 5.41) is 7.22. The number of ether oxygens (including phenoxy) is 1. The zero-order valence-electron chi connectivity index (χ0n) is 21.8. The maximum absolute atomic E-state index is 13.9. The lowest BCUT2D eigenvalue weighted by atomic mass is 9.78. The number of likely N-dealkylation sites (tertiary alicyclic amines) is 1. The smallest absolute Gasteiger partial charge is 0.435 e. The Hall–Kier alpha value is -3.11. The summed E-state index contributed by atoms with van der Waals surface area (Å²) < 4.78 is 47.4. The minimum absolute atomic E-state index is 0.0586. The fourth-order valence-electron chi connectivity index (χ4n) is 6.31. The number of carbonyl (C=O) groups is 2. The summed E-state index contributed by atoms with van der Waals surface area (Å²) in [4.78, 5) is 30.2. The third-order valence-corrected chi connectivity index (χ3v) is 8.29. The number of fused-ring (bicyclic) bond motifs is 1. The van der Waals surface area contributed by atoms with E-state index in [4.69, 9.17) is 4.74 Å². The molecule has 2 aromatic rings. The van der Waals surface area contributed by atoms with Gasteiger partial charge in [-0.15, -0.1) is 5.10 Å². The zero-order valence-corrected chi connectivity index (χ0v) is 21.8. The van der Waals surface area contributed by atoms with Crippen molar-refractivity contribution in [2.45, 2.75) is 70.7 Å². The Balaban J connectivity index is 1.48. The molecule has 1 aromatic carbocycles. The number of nitrogens with zero attached hydrogens (tertiary/aromatic N) is 5. The molecule has 1 aliphatic carbocycles. The number of aryl methyl sites for hydroxylation is 1. The van der Waals surface area contributed by atoms with E-state index in [1.54, 1.807) is 11.0 Å². The zero-order chi connectivity index (χ0) is 27.0. The molecule has 11 heteroatoms. The predicted octanol–water partition coefficient (Wildman–Crippen LogP) is 4.29. The number of halogens is 3. The molecule has 1 aromatic heterocycles. The lowest BCUT2D eigenvalue weighted by molar-refractivity contribution is -0.145. The number of benzene rings is 1. The topological polar surface area (TPSA) is 80.6 Å². The number of hydrogen-bond acceptors (Lipinski definition) is 5. The second-order valence-electron chi connectivity index (χ2n) is 10.7. The molecule has 2 amide bonds. The van der Waals surface area contributed by atoms with Crippen LogP contribution in [0.15, 0.2) is 18.2 Å². The van der Waals surface area contributed by atoms with Gasteiger partial charge in [-0.3, -0.25) is 9.59 Å². The van der Waals surface area contributed by atoms with Crippen LogP contribution < -0.4 is 4.74 Å². The molecule has 0 N–H and O–H groups in total. The average Bonchev–Trinajstić information content (AvgIpc) is 3.47. The summed E-state index contributed by atoms with van der Waals surface area (Å²) in [6.07, 6.45) is 1.27. The first-order valence-electron chi connectivity index (χ1n) is 13.4. The van der Waals surface area contributed by atoms with E-state index < -0.39 is 24.5 Å². The molecule has 206 valence electrons. The fourth-order valence-corrected chi connectivity index (χ4v) is 6.31. The molecule has 1 saturated carbocycles. The van der Waals surface area contributed by atoms with Crippen LogP contribution in [0.4, 0.5) is 13.2 Å². The quantitative estimate of drug-likeness (QED) is 0.554. The van der Waals surface area contributed by atoms with E-state index in [1.807, 2.05) is 17.0 Å². The summed E-state index contributed by atoms with van der Waals surface area (Å²) in [7, 11) is 1.20. The Bertz CT molecular complexity index is 1200. The molecule has 0 spiro atoms. The highest BCUT2D eigenvalue weighted by Crippen LogP contribution is 2.41. The molecule has 3 aliphatic rings. The van der Waals surface area contributed by atoms with Crippen molar-refractivity contribution in [3.05, 3.63) is 40.7 Å². The summed E-state index contributed by atoms with van der Waals surface area (Å²) in [5.41, 5.74) is 0.496. The number of rotatable bonds is 6. The predicted molar refractivity (Wildman–Crippen MR) is 132 cm³/mol. The highest BCUT2D eigenvalue weighted by atomic mass is 19.4. The van der Waals surface area contributed by atoms with Crippen molar-refractivity contribution >= 4 is 11.8 Å². The van der Waals surface area contributed by atoms with Crippen LogP contribution in [-0.4, -0.2) is 56.2 Å². The number of hydrogen-bond donors (Lipinski definition) is 0. The van der Waals surface area contributed by atoms with E-state index in [0.717, 1.165) is 43.2 Å². The van der Waals surface area contributed by atoms with Crippen LogP contribution in [0.2, 0.25) is 0 Å². The molecule has 38 heavy (non-hydrogen) atoms. The second-order valence-corrected chi connectivity index (χ2v) is 10.7. The van der Waals surface area contributed by atoms with E-state index in [9.17, 15) is 22.8 Å². The van der Waals surface area contributed by atoms with Gasteiger partial charge in [0.25, 0.3) is 0 Å². The average molecular weight is 534 g/mol. The highest BCUT2D eigenvalue weighted by Gasteiger charge is 2.41. The summed E-state index contributed by atoms with van der Waals surface area (Å²) in [6, 6.07) is 5.07. The van der Waals surface area contributed by atoms with E-state index in [2.05, 4.69) is 17.2 Å². The van der Waals surface area contributed by atoms with Crippen LogP contribution in [0, 0.1) is 11.8 Å². The largest absolute Gasteiger partial charge is 0.487 e. The Labute approximate surface area is 220 Å². The fraction of sp³-hybridized carbons (Fsp3) is 0.630.